The fraction of sp³-hybridized carbons (Fsp3) is 0.435. The van der Waals surface area contributed by atoms with Crippen LogP contribution in [-0.2, 0) is 6.54 Å². The summed E-state index contributed by atoms with van der Waals surface area (Å²) in [5.74, 6) is 0.576. The van der Waals surface area contributed by atoms with Crippen LogP contribution in [0.1, 0.15) is 38.7 Å². The summed E-state index contributed by atoms with van der Waals surface area (Å²) in [7, 11) is 0. The van der Waals surface area contributed by atoms with Gasteiger partial charge in [0.1, 0.15) is 0 Å². The highest BCUT2D eigenvalue weighted by Crippen LogP contribution is 2.56. The zero-order valence-electron chi connectivity index (χ0n) is 15.2. The van der Waals surface area contributed by atoms with E-state index in [0.717, 1.165) is 13.1 Å². The standard InChI is InChI=1S/C23H26N2/c1-16-22-13-19-18-9-6-12-24-15-23(16,2)20(18)10-11-21(19)25(22)14-17-7-4-3-5-8-17/h3-9,15-16,22H,10-14H2,1-2H3. The van der Waals surface area contributed by atoms with Crippen molar-refractivity contribution in [2.24, 2.45) is 16.3 Å². The van der Waals surface area contributed by atoms with Gasteiger partial charge in [0, 0.05) is 29.9 Å². The fourth-order valence-electron chi connectivity index (χ4n) is 5.47. The van der Waals surface area contributed by atoms with Gasteiger partial charge in [0.15, 0.2) is 0 Å². The number of benzene rings is 1. The van der Waals surface area contributed by atoms with Crippen molar-refractivity contribution in [3.63, 3.8) is 0 Å². The molecule has 1 aromatic rings. The Labute approximate surface area is 150 Å². The highest BCUT2D eigenvalue weighted by Gasteiger charge is 2.50. The van der Waals surface area contributed by atoms with Crippen LogP contribution in [-0.4, -0.2) is 23.7 Å². The van der Waals surface area contributed by atoms with E-state index in [2.05, 4.69) is 67.4 Å². The number of aliphatic imine (C=N–C) groups is 1. The first kappa shape index (κ1) is 15.2. The zero-order chi connectivity index (χ0) is 17.0. The van der Waals surface area contributed by atoms with Gasteiger partial charge in [0.2, 0.25) is 0 Å². The van der Waals surface area contributed by atoms with Gasteiger partial charge in [-0.15, -0.1) is 0 Å². The lowest BCUT2D eigenvalue weighted by Gasteiger charge is -2.46. The van der Waals surface area contributed by atoms with Crippen LogP contribution in [0.5, 0.6) is 0 Å². The van der Waals surface area contributed by atoms with Gasteiger partial charge in [-0.3, -0.25) is 4.99 Å². The Hall–Kier alpha value is -2.09. The second-order valence-corrected chi connectivity index (χ2v) is 8.17. The van der Waals surface area contributed by atoms with Crippen molar-refractivity contribution >= 4 is 6.21 Å². The monoisotopic (exact) mass is 330 g/mol. The smallest absolute Gasteiger partial charge is 0.0570 e. The third-order valence-electron chi connectivity index (χ3n) is 6.99. The molecule has 0 fully saturated rings. The molecular weight excluding hydrogens is 304 g/mol. The molecule has 0 saturated heterocycles. The second-order valence-electron chi connectivity index (χ2n) is 8.17. The highest BCUT2D eigenvalue weighted by atomic mass is 15.2. The SMILES string of the molecule is CC1C2CC3=C(CCC4=C3C=CCN=CC41C)N2Cc1ccccc1. The van der Waals surface area contributed by atoms with Crippen LogP contribution in [0.4, 0.5) is 0 Å². The minimum atomic E-state index is 0.0907. The van der Waals surface area contributed by atoms with Gasteiger partial charge >= 0.3 is 0 Å². The molecular formula is C23H26N2. The summed E-state index contributed by atoms with van der Waals surface area (Å²) in [6.07, 6.45) is 10.5. The highest BCUT2D eigenvalue weighted by molar-refractivity contribution is 5.75. The first-order chi connectivity index (χ1) is 12.2. The van der Waals surface area contributed by atoms with Crippen LogP contribution < -0.4 is 0 Å². The average molecular weight is 330 g/mol. The van der Waals surface area contributed by atoms with E-state index < -0.39 is 0 Å². The molecule has 25 heavy (non-hydrogen) atoms. The summed E-state index contributed by atoms with van der Waals surface area (Å²) >= 11 is 0. The molecule has 2 aliphatic heterocycles. The normalized spacial score (nSPS) is 33.0. The number of likely N-dealkylation sites (tertiary alicyclic amines) is 1. The number of allylic oxidation sites excluding steroid dienone is 4. The van der Waals surface area contributed by atoms with Gasteiger partial charge < -0.3 is 4.90 Å². The van der Waals surface area contributed by atoms with Crippen LogP contribution in [0.3, 0.4) is 0 Å². The van der Waals surface area contributed by atoms with Crippen LogP contribution in [0.25, 0.3) is 0 Å². The summed E-state index contributed by atoms with van der Waals surface area (Å²) in [5.41, 5.74) is 7.93. The van der Waals surface area contributed by atoms with E-state index in [-0.39, 0.29) is 5.41 Å². The molecule has 5 rings (SSSR count). The van der Waals surface area contributed by atoms with Crippen molar-refractivity contribution in [3.8, 4) is 0 Å². The molecule has 0 saturated carbocycles. The Bertz CT molecular complexity index is 827. The molecule has 0 aromatic heterocycles. The van der Waals surface area contributed by atoms with Crippen molar-refractivity contribution < 1.29 is 0 Å². The maximum absolute atomic E-state index is 4.74. The number of rotatable bonds is 2. The minimum Gasteiger partial charge on any atom is -0.367 e. The van der Waals surface area contributed by atoms with E-state index >= 15 is 0 Å². The lowest BCUT2D eigenvalue weighted by molar-refractivity contribution is 0.145. The van der Waals surface area contributed by atoms with Crippen molar-refractivity contribution in [1.82, 2.24) is 4.90 Å². The first-order valence-electron chi connectivity index (χ1n) is 9.62. The quantitative estimate of drug-likeness (QED) is 0.753. The van der Waals surface area contributed by atoms with Crippen LogP contribution in [0.15, 0.2) is 69.9 Å². The Morgan fingerprint density at radius 3 is 2.88 bits per heavy atom. The summed E-state index contributed by atoms with van der Waals surface area (Å²) in [6, 6.07) is 11.5. The molecule has 4 aliphatic rings. The molecule has 128 valence electrons. The molecule has 0 N–H and O–H groups in total. The molecule has 2 nitrogen and oxygen atoms in total. The largest absolute Gasteiger partial charge is 0.367 e. The van der Waals surface area contributed by atoms with Gasteiger partial charge in [0.25, 0.3) is 0 Å². The second kappa shape index (κ2) is 5.45. The van der Waals surface area contributed by atoms with Gasteiger partial charge in [-0.2, -0.15) is 0 Å². The molecule has 1 aromatic carbocycles. The van der Waals surface area contributed by atoms with E-state index in [1.54, 1.807) is 22.4 Å². The third kappa shape index (κ3) is 2.13. The van der Waals surface area contributed by atoms with E-state index in [4.69, 9.17) is 4.99 Å². The number of nitrogens with zero attached hydrogens (tertiary/aromatic N) is 2. The van der Waals surface area contributed by atoms with Crippen LogP contribution >= 0.6 is 0 Å². The van der Waals surface area contributed by atoms with E-state index in [0.29, 0.717) is 12.0 Å². The van der Waals surface area contributed by atoms with Crippen molar-refractivity contribution in [3.05, 3.63) is 70.5 Å². The van der Waals surface area contributed by atoms with Gasteiger partial charge in [-0.25, -0.2) is 0 Å². The van der Waals surface area contributed by atoms with Crippen LogP contribution in [0.2, 0.25) is 0 Å². The maximum Gasteiger partial charge on any atom is 0.0570 e. The van der Waals surface area contributed by atoms with Crippen molar-refractivity contribution in [1.29, 1.82) is 0 Å². The first-order valence-corrected chi connectivity index (χ1v) is 9.62. The molecule has 5 bridgehead atoms. The predicted molar refractivity (Wildman–Crippen MR) is 103 cm³/mol. The molecule has 2 aliphatic carbocycles. The molecule has 0 radical (unpaired) electrons. The minimum absolute atomic E-state index is 0.0907. The molecule has 2 heteroatoms. The Balaban J connectivity index is 1.66. The van der Waals surface area contributed by atoms with E-state index in [1.807, 2.05) is 0 Å². The maximum atomic E-state index is 4.74. The summed E-state index contributed by atoms with van der Waals surface area (Å²) in [5, 5.41) is 0. The Kier molecular flexibility index (Phi) is 3.31. The number of hydrogen-bond acceptors (Lipinski definition) is 2. The molecule has 0 spiro atoms. The van der Waals surface area contributed by atoms with Crippen LogP contribution in [0, 0.1) is 11.3 Å². The third-order valence-corrected chi connectivity index (χ3v) is 6.99. The summed E-state index contributed by atoms with van der Waals surface area (Å²) < 4.78 is 0. The average Bonchev–Trinajstić information content (AvgIpc) is 2.95. The summed E-state index contributed by atoms with van der Waals surface area (Å²) in [6.45, 7) is 6.74. The topological polar surface area (TPSA) is 15.6 Å². The van der Waals surface area contributed by atoms with Crippen molar-refractivity contribution in [2.45, 2.75) is 45.7 Å². The van der Waals surface area contributed by atoms with Gasteiger partial charge in [-0.1, -0.05) is 61.9 Å². The van der Waals surface area contributed by atoms with Crippen molar-refractivity contribution in [2.75, 3.05) is 6.54 Å². The molecule has 3 atom stereocenters. The number of hydrogen-bond donors (Lipinski definition) is 0. The van der Waals surface area contributed by atoms with Gasteiger partial charge in [0.05, 0.1) is 6.54 Å². The molecule has 0 amide bonds. The Morgan fingerprint density at radius 2 is 2.04 bits per heavy atom. The Morgan fingerprint density at radius 1 is 1.20 bits per heavy atom. The van der Waals surface area contributed by atoms with Gasteiger partial charge in [-0.05, 0) is 41.9 Å². The van der Waals surface area contributed by atoms with E-state index in [9.17, 15) is 0 Å². The lowest BCUT2D eigenvalue weighted by atomic mass is 9.66. The molecule has 3 unspecified atom stereocenters. The molecule has 2 heterocycles. The summed E-state index contributed by atoms with van der Waals surface area (Å²) in [4.78, 5) is 7.47. The fourth-order valence-corrected chi connectivity index (χ4v) is 5.47. The lowest BCUT2D eigenvalue weighted by Crippen LogP contribution is -2.45. The zero-order valence-corrected chi connectivity index (χ0v) is 15.2. The van der Waals surface area contributed by atoms with E-state index in [1.165, 1.54) is 24.8 Å². The predicted octanol–water partition coefficient (Wildman–Crippen LogP) is 4.90. The number of fused-ring (bicyclic) bond motifs is 1.